The first kappa shape index (κ1) is 19.4. The molecule has 0 atom stereocenters. The molecule has 6 rings (SSSR count). The molecular formula is C22H22Cl2N2O2S. The van der Waals surface area contributed by atoms with E-state index in [4.69, 9.17) is 39.8 Å². The molecule has 4 bridgehead atoms. The monoisotopic (exact) mass is 448 g/mol. The van der Waals surface area contributed by atoms with Crippen LogP contribution in [0.15, 0.2) is 34.7 Å². The number of amides is 1. The summed E-state index contributed by atoms with van der Waals surface area (Å²) in [5.74, 6) is 3.52. The van der Waals surface area contributed by atoms with Crippen molar-refractivity contribution >= 4 is 46.4 Å². The van der Waals surface area contributed by atoms with Crippen LogP contribution in [0, 0.1) is 23.7 Å². The number of carbonyl (C=O) groups excluding carboxylic acids is 1. The Balaban J connectivity index is 1.23. The molecule has 4 saturated carbocycles. The summed E-state index contributed by atoms with van der Waals surface area (Å²) in [5.41, 5.74) is 0.685. The van der Waals surface area contributed by atoms with Gasteiger partial charge in [0.05, 0.1) is 5.02 Å². The first-order valence-corrected chi connectivity index (χ1v) is 11.3. The van der Waals surface area contributed by atoms with Gasteiger partial charge in [0.2, 0.25) is 0 Å². The van der Waals surface area contributed by atoms with E-state index in [9.17, 15) is 4.79 Å². The topological polar surface area (TPSA) is 54.3 Å². The van der Waals surface area contributed by atoms with E-state index in [-0.39, 0.29) is 11.7 Å². The molecule has 152 valence electrons. The van der Waals surface area contributed by atoms with Crippen LogP contribution in [0.25, 0.3) is 11.3 Å². The highest BCUT2D eigenvalue weighted by Gasteiger charge is 2.48. The van der Waals surface area contributed by atoms with Gasteiger partial charge in [-0.25, -0.2) is 0 Å². The molecule has 29 heavy (non-hydrogen) atoms. The third kappa shape index (κ3) is 3.80. The third-order valence-corrected chi connectivity index (χ3v) is 7.55. The molecule has 4 aliphatic rings. The maximum absolute atomic E-state index is 12.6. The number of carbonyl (C=O) groups is 1. The Hall–Kier alpha value is -1.56. The van der Waals surface area contributed by atoms with Gasteiger partial charge in [0.1, 0.15) is 5.76 Å². The second-order valence-electron chi connectivity index (χ2n) is 8.67. The van der Waals surface area contributed by atoms with E-state index in [0.29, 0.717) is 44.4 Å². The van der Waals surface area contributed by atoms with Crippen molar-refractivity contribution in [1.82, 2.24) is 10.6 Å². The van der Waals surface area contributed by atoms with Crippen molar-refractivity contribution in [2.45, 2.75) is 38.1 Å². The molecule has 1 heterocycles. The summed E-state index contributed by atoms with van der Waals surface area (Å²) < 4.78 is 5.71. The summed E-state index contributed by atoms with van der Waals surface area (Å²) in [6.45, 7) is 0. The smallest absolute Gasteiger partial charge is 0.293 e. The zero-order valence-electron chi connectivity index (χ0n) is 15.8. The molecule has 0 radical (unpaired) electrons. The minimum Gasteiger partial charge on any atom is -0.451 e. The Bertz CT molecular complexity index is 945. The zero-order chi connectivity index (χ0) is 20.1. The maximum atomic E-state index is 12.6. The first-order chi connectivity index (χ1) is 14.0. The molecule has 4 aliphatic carbocycles. The second-order valence-corrected chi connectivity index (χ2v) is 9.92. The van der Waals surface area contributed by atoms with Gasteiger partial charge in [0.25, 0.3) is 5.91 Å². The Kier molecular flexibility index (Phi) is 5.09. The van der Waals surface area contributed by atoms with E-state index in [1.807, 2.05) is 0 Å². The van der Waals surface area contributed by atoms with Gasteiger partial charge in [-0.2, -0.15) is 0 Å². The predicted octanol–water partition coefficient (Wildman–Crippen LogP) is 5.68. The van der Waals surface area contributed by atoms with Crippen LogP contribution >= 0.6 is 35.4 Å². The van der Waals surface area contributed by atoms with E-state index in [1.54, 1.807) is 30.3 Å². The normalized spacial score (nSPS) is 29.7. The van der Waals surface area contributed by atoms with Crippen LogP contribution in [0.2, 0.25) is 10.0 Å². The second kappa shape index (κ2) is 7.60. The molecule has 7 heteroatoms. The molecule has 0 saturated heterocycles. The van der Waals surface area contributed by atoms with Crippen molar-refractivity contribution < 1.29 is 9.21 Å². The van der Waals surface area contributed by atoms with Crippen LogP contribution in [0.1, 0.15) is 42.7 Å². The SMILES string of the molecule is O=C(NC(=S)NC1C2CC3CC(C2)CC1C3)c1ccc(-c2ccc(Cl)cc2Cl)o1. The standard InChI is InChI=1S/C22H22Cl2N2O2S/c23-15-1-2-16(17(24)10-15)18-3-4-19(28-18)21(27)26-22(29)25-20-13-6-11-5-12(8-13)9-14(20)7-11/h1-4,10-14,20H,5-9H2,(H2,25,26,27,29). The molecule has 2 N–H and O–H groups in total. The fourth-order valence-electron chi connectivity index (χ4n) is 5.81. The van der Waals surface area contributed by atoms with Crippen LogP contribution in [0.4, 0.5) is 0 Å². The van der Waals surface area contributed by atoms with E-state index in [0.717, 1.165) is 11.8 Å². The van der Waals surface area contributed by atoms with E-state index in [2.05, 4.69) is 10.6 Å². The minimum absolute atomic E-state index is 0.195. The fraction of sp³-hybridized carbons (Fsp3) is 0.455. The van der Waals surface area contributed by atoms with Gasteiger partial charge in [-0.3, -0.25) is 10.1 Å². The lowest BCUT2D eigenvalue weighted by molar-refractivity contribution is -0.00692. The summed E-state index contributed by atoms with van der Waals surface area (Å²) in [6.07, 6.45) is 6.60. The molecule has 1 aromatic carbocycles. The highest BCUT2D eigenvalue weighted by atomic mass is 35.5. The van der Waals surface area contributed by atoms with Gasteiger partial charge in [-0.05, 0) is 98.3 Å². The van der Waals surface area contributed by atoms with Gasteiger partial charge >= 0.3 is 0 Å². The van der Waals surface area contributed by atoms with Crippen molar-refractivity contribution in [2.24, 2.45) is 23.7 Å². The van der Waals surface area contributed by atoms with E-state index < -0.39 is 0 Å². The number of hydrogen-bond donors (Lipinski definition) is 2. The predicted molar refractivity (Wildman–Crippen MR) is 118 cm³/mol. The molecule has 1 aromatic heterocycles. The number of hydrogen-bond acceptors (Lipinski definition) is 3. The van der Waals surface area contributed by atoms with Crippen molar-refractivity contribution in [3.8, 4) is 11.3 Å². The molecule has 4 nitrogen and oxygen atoms in total. The van der Waals surface area contributed by atoms with Gasteiger partial charge in [0, 0.05) is 16.6 Å². The summed E-state index contributed by atoms with van der Waals surface area (Å²) in [7, 11) is 0. The van der Waals surface area contributed by atoms with Crippen molar-refractivity contribution in [3.63, 3.8) is 0 Å². The summed E-state index contributed by atoms with van der Waals surface area (Å²) >= 11 is 17.6. The first-order valence-electron chi connectivity index (χ1n) is 10.1. The number of nitrogens with one attached hydrogen (secondary N) is 2. The van der Waals surface area contributed by atoms with Crippen molar-refractivity contribution in [2.75, 3.05) is 0 Å². The van der Waals surface area contributed by atoms with Crippen molar-refractivity contribution in [1.29, 1.82) is 0 Å². The van der Waals surface area contributed by atoms with Gasteiger partial charge < -0.3 is 9.73 Å². The zero-order valence-corrected chi connectivity index (χ0v) is 18.1. The lowest BCUT2D eigenvalue weighted by Crippen LogP contribution is -2.57. The largest absolute Gasteiger partial charge is 0.451 e. The highest BCUT2D eigenvalue weighted by molar-refractivity contribution is 7.80. The van der Waals surface area contributed by atoms with Crippen LogP contribution < -0.4 is 10.6 Å². The average Bonchev–Trinajstić information content (AvgIpc) is 3.14. The summed E-state index contributed by atoms with van der Waals surface area (Å²) in [4.78, 5) is 12.6. The molecule has 4 fully saturated rings. The maximum Gasteiger partial charge on any atom is 0.293 e. The number of thiocarbonyl (C=S) groups is 1. The van der Waals surface area contributed by atoms with Crippen LogP contribution in [-0.4, -0.2) is 17.1 Å². The molecular weight excluding hydrogens is 427 g/mol. The summed E-state index contributed by atoms with van der Waals surface area (Å²) in [6, 6.07) is 8.87. The number of furan rings is 1. The van der Waals surface area contributed by atoms with Gasteiger partial charge in [-0.15, -0.1) is 0 Å². The number of benzene rings is 1. The van der Waals surface area contributed by atoms with Crippen molar-refractivity contribution in [3.05, 3.63) is 46.1 Å². The molecule has 0 unspecified atom stereocenters. The van der Waals surface area contributed by atoms with Gasteiger partial charge in [0.15, 0.2) is 10.9 Å². The highest BCUT2D eigenvalue weighted by Crippen LogP contribution is 2.53. The molecule has 0 aliphatic heterocycles. The molecule has 1 amide bonds. The third-order valence-electron chi connectivity index (χ3n) is 6.78. The molecule has 2 aromatic rings. The Morgan fingerprint density at radius 3 is 2.34 bits per heavy atom. The number of halogens is 2. The Labute approximate surface area is 185 Å². The van der Waals surface area contributed by atoms with Crippen LogP contribution in [0.5, 0.6) is 0 Å². The number of rotatable bonds is 3. The fourth-order valence-corrected chi connectivity index (χ4v) is 6.54. The lowest BCUT2D eigenvalue weighted by atomic mass is 9.54. The Morgan fingerprint density at radius 2 is 1.69 bits per heavy atom. The van der Waals surface area contributed by atoms with E-state index in [1.165, 1.54) is 32.1 Å². The van der Waals surface area contributed by atoms with E-state index >= 15 is 0 Å². The van der Waals surface area contributed by atoms with Crippen LogP contribution in [0.3, 0.4) is 0 Å². The Morgan fingerprint density at radius 1 is 1.00 bits per heavy atom. The summed E-state index contributed by atoms with van der Waals surface area (Å²) in [5, 5.41) is 7.62. The van der Waals surface area contributed by atoms with Gasteiger partial charge in [-0.1, -0.05) is 23.2 Å². The molecule has 0 spiro atoms. The quantitative estimate of drug-likeness (QED) is 0.592. The van der Waals surface area contributed by atoms with Crippen LogP contribution in [-0.2, 0) is 0 Å². The lowest BCUT2D eigenvalue weighted by Gasteiger charge is -2.54. The minimum atomic E-state index is -0.359. The average molecular weight is 449 g/mol.